The lowest BCUT2D eigenvalue weighted by Crippen LogP contribution is -2.42. The predicted octanol–water partition coefficient (Wildman–Crippen LogP) is 3.56. The summed E-state index contributed by atoms with van der Waals surface area (Å²) in [4.78, 5) is 25.9. The minimum absolute atomic E-state index is 0.0243. The lowest BCUT2D eigenvalue weighted by molar-refractivity contribution is -0.244. The number of nitrogens with zero attached hydrogens (tertiary/aromatic N) is 6. The summed E-state index contributed by atoms with van der Waals surface area (Å²) in [6.45, 7) is 5.61. The van der Waals surface area contributed by atoms with Gasteiger partial charge in [-0.25, -0.2) is 14.4 Å². The largest absolute Gasteiger partial charge is 0.492 e. The molecule has 1 aromatic carbocycles. The van der Waals surface area contributed by atoms with E-state index in [2.05, 4.69) is 15.3 Å². The second kappa shape index (κ2) is 10.4. The van der Waals surface area contributed by atoms with Crippen molar-refractivity contribution >= 4 is 22.8 Å². The molecule has 0 saturated heterocycles. The van der Waals surface area contributed by atoms with Gasteiger partial charge in [-0.05, 0) is 29.2 Å². The van der Waals surface area contributed by atoms with Crippen LogP contribution in [0.1, 0.15) is 26.3 Å². The molecule has 0 fully saturated rings. The Labute approximate surface area is 215 Å². The third-order valence-corrected chi connectivity index (χ3v) is 5.88. The molecule has 0 saturated carbocycles. The van der Waals surface area contributed by atoms with Crippen molar-refractivity contribution in [3.8, 4) is 22.8 Å². The van der Waals surface area contributed by atoms with E-state index in [1.807, 2.05) is 37.3 Å². The Bertz CT molecular complexity index is 1430. The van der Waals surface area contributed by atoms with Gasteiger partial charge in [0.25, 0.3) is 0 Å². The van der Waals surface area contributed by atoms with Crippen molar-refractivity contribution in [3.63, 3.8) is 0 Å². The van der Waals surface area contributed by atoms with Gasteiger partial charge in [0, 0.05) is 30.4 Å². The fraction of sp³-hybridized carbons (Fsp3) is 0.375. The van der Waals surface area contributed by atoms with E-state index in [1.165, 1.54) is 6.20 Å². The van der Waals surface area contributed by atoms with E-state index < -0.39 is 17.6 Å². The number of hydroxylamine groups is 2. The number of carbonyl (C=O) groups is 1. The number of imidazole rings is 1. The lowest BCUT2D eigenvalue weighted by atomic mass is 9.93. The Morgan fingerprint density at radius 1 is 1.16 bits per heavy atom. The molecule has 14 heteroatoms. The van der Waals surface area contributed by atoms with Crippen LogP contribution < -0.4 is 11.5 Å². The maximum Gasteiger partial charge on any atom is 0.492 e. The van der Waals surface area contributed by atoms with Crippen molar-refractivity contribution in [3.05, 3.63) is 42.1 Å². The molecule has 11 nitrogen and oxygen atoms in total. The van der Waals surface area contributed by atoms with Crippen LogP contribution in [0.3, 0.4) is 0 Å². The molecule has 0 radical (unpaired) electrons. The second-order valence-electron chi connectivity index (χ2n) is 9.42. The summed E-state index contributed by atoms with van der Waals surface area (Å²) in [5, 5.41) is 8.45. The number of hydrogen-bond donors (Lipinski definition) is 2. The predicted molar refractivity (Wildman–Crippen MR) is 132 cm³/mol. The number of nitrogen functional groups attached to an aromatic ring is 1. The molecule has 0 aliphatic heterocycles. The summed E-state index contributed by atoms with van der Waals surface area (Å²) in [7, 11) is 0. The molecule has 38 heavy (non-hydrogen) atoms. The summed E-state index contributed by atoms with van der Waals surface area (Å²) >= 11 is 0. The number of rotatable bonds is 9. The van der Waals surface area contributed by atoms with Crippen LogP contribution in [-0.2, 0) is 22.7 Å². The zero-order valence-corrected chi connectivity index (χ0v) is 21.0. The lowest BCUT2D eigenvalue weighted by Gasteiger charge is -2.30. The first-order chi connectivity index (χ1) is 17.9. The first-order valence-electron chi connectivity index (χ1n) is 11.7. The van der Waals surface area contributed by atoms with Gasteiger partial charge in [0.2, 0.25) is 0 Å². The molecule has 0 unspecified atom stereocenters. The summed E-state index contributed by atoms with van der Waals surface area (Å²) in [6.07, 6.45) is -3.65. The normalized spacial score (nSPS) is 12.4. The molecule has 3 aromatic heterocycles. The van der Waals surface area contributed by atoms with Crippen molar-refractivity contribution in [2.45, 2.75) is 40.0 Å². The van der Waals surface area contributed by atoms with Crippen molar-refractivity contribution in [2.75, 3.05) is 18.8 Å². The van der Waals surface area contributed by atoms with E-state index in [1.54, 1.807) is 18.4 Å². The summed E-state index contributed by atoms with van der Waals surface area (Å²) in [6, 6.07) is 9.28. The molecular weight excluding hydrogens is 505 g/mol. The van der Waals surface area contributed by atoms with Gasteiger partial charge in [-0.1, -0.05) is 44.2 Å². The molecular formula is C24H27F3N8O3. The molecule has 0 bridgehead atoms. The fourth-order valence-electron chi connectivity index (χ4n) is 3.99. The first kappa shape index (κ1) is 27.0. The third kappa shape index (κ3) is 5.45. The zero-order chi connectivity index (χ0) is 27.7. The standard InChI is InChI=1S/C24H27F3N8O3/c1-4-35-19-15(11-34(13-23(2,3)12-28)37-22(36)24(25,26)27)10-30-16(14-8-6-5-7-9-14)17(19)31-21(35)18-20(29)33-38-32-18/h5-10H,4,11-13,28H2,1-3H3,(H2,29,33). The van der Waals surface area contributed by atoms with E-state index >= 15 is 0 Å². The Morgan fingerprint density at radius 2 is 1.87 bits per heavy atom. The monoisotopic (exact) mass is 532 g/mol. The quantitative estimate of drug-likeness (QED) is 0.306. The van der Waals surface area contributed by atoms with Crippen LogP contribution in [0.5, 0.6) is 0 Å². The smallest absolute Gasteiger partial charge is 0.379 e. The van der Waals surface area contributed by atoms with Gasteiger partial charge >= 0.3 is 12.1 Å². The second-order valence-corrected chi connectivity index (χ2v) is 9.42. The van der Waals surface area contributed by atoms with Gasteiger partial charge in [-0.15, -0.1) is 5.06 Å². The molecule has 202 valence electrons. The van der Waals surface area contributed by atoms with Crippen molar-refractivity contribution in [2.24, 2.45) is 11.1 Å². The van der Waals surface area contributed by atoms with Crippen LogP contribution in [0, 0.1) is 5.41 Å². The molecule has 4 N–H and O–H groups in total. The zero-order valence-electron chi connectivity index (χ0n) is 21.0. The first-order valence-corrected chi connectivity index (χ1v) is 11.7. The average molecular weight is 533 g/mol. The highest BCUT2D eigenvalue weighted by atomic mass is 19.4. The number of pyridine rings is 1. The van der Waals surface area contributed by atoms with Crippen LogP contribution in [0.15, 0.2) is 41.2 Å². The average Bonchev–Trinajstić information content (AvgIpc) is 3.47. The number of halogens is 3. The molecule has 4 aromatic rings. The minimum Gasteiger partial charge on any atom is -0.379 e. The minimum atomic E-state index is -5.17. The summed E-state index contributed by atoms with van der Waals surface area (Å²) in [5.41, 5.74) is 14.1. The number of fused-ring (bicyclic) bond motifs is 1. The fourth-order valence-corrected chi connectivity index (χ4v) is 3.99. The number of benzene rings is 1. The van der Waals surface area contributed by atoms with E-state index in [0.29, 0.717) is 34.7 Å². The van der Waals surface area contributed by atoms with Crippen molar-refractivity contribution < 1.29 is 27.4 Å². The topological polar surface area (TPSA) is 151 Å². The van der Waals surface area contributed by atoms with Crippen molar-refractivity contribution in [1.29, 1.82) is 0 Å². The number of carbonyl (C=O) groups excluding carboxylic acids is 1. The molecule has 0 spiro atoms. The van der Waals surface area contributed by atoms with E-state index in [0.717, 1.165) is 10.6 Å². The molecule has 4 rings (SSSR count). The molecule has 0 aliphatic rings. The Hall–Kier alpha value is -4.04. The van der Waals surface area contributed by atoms with E-state index in [-0.39, 0.29) is 31.1 Å². The van der Waals surface area contributed by atoms with Gasteiger partial charge in [0.1, 0.15) is 5.52 Å². The van der Waals surface area contributed by atoms with Crippen LogP contribution in [0.4, 0.5) is 19.0 Å². The summed E-state index contributed by atoms with van der Waals surface area (Å²) < 4.78 is 45.8. The maximum atomic E-state index is 13.1. The number of nitrogens with two attached hydrogens (primary N) is 2. The Morgan fingerprint density at radius 3 is 2.45 bits per heavy atom. The van der Waals surface area contributed by atoms with Gasteiger partial charge < -0.3 is 20.9 Å². The molecule has 0 atom stereocenters. The van der Waals surface area contributed by atoms with Gasteiger partial charge in [-0.3, -0.25) is 4.98 Å². The van der Waals surface area contributed by atoms with Gasteiger partial charge in [0.15, 0.2) is 17.3 Å². The van der Waals surface area contributed by atoms with Crippen LogP contribution >= 0.6 is 0 Å². The number of aryl methyl sites for hydroxylation is 1. The van der Waals surface area contributed by atoms with Crippen LogP contribution in [0.25, 0.3) is 33.8 Å². The molecule has 0 aliphatic carbocycles. The highest BCUT2D eigenvalue weighted by molar-refractivity contribution is 5.94. The Balaban J connectivity index is 1.90. The van der Waals surface area contributed by atoms with Crippen LogP contribution in [0.2, 0.25) is 0 Å². The highest BCUT2D eigenvalue weighted by Crippen LogP contribution is 2.34. The molecule has 0 amide bonds. The maximum absolute atomic E-state index is 13.1. The number of anilines is 1. The number of hydrogen-bond acceptors (Lipinski definition) is 10. The third-order valence-electron chi connectivity index (χ3n) is 5.88. The van der Waals surface area contributed by atoms with E-state index in [9.17, 15) is 18.0 Å². The van der Waals surface area contributed by atoms with Gasteiger partial charge in [0.05, 0.1) is 17.8 Å². The molecule has 3 heterocycles. The van der Waals surface area contributed by atoms with E-state index in [4.69, 9.17) is 25.9 Å². The van der Waals surface area contributed by atoms with Crippen LogP contribution in [-0.4, -0.2) is 55.1 Å². The number of alkyl halides is 3. The highest BCUT2D eigenvalue weighted by Gasteiger charge is 2.43. The Kier molecular flexibility index (Phi) is 7.37. The van der Waals surface area contributed by atoms with Gasteiger partial charge in [-0.2, -0.15) is 13.2 Å². The SMILES string of the molecule is CCn1c(-c2nonc2N)nc2c(-c3ccccc3)ncc(CN(CC(C)(C)CN)OC(=O)C(F)(F)F)c21. The van der Waals surface area contributed by atoms with Crippen molar-refractivity contribution in [1.82, 2.24) is 29.9 Å². The number of aromatic nitrogens is 5. The summed E-state index contributed by atoms with van der Waals surface area (Å²) in [5.74, 6) is -1.97.